The number of hydrogen-bond donors (Lipinski definition) is 1. The summed E-state index contributed by atoms with van der Waals surface area (Å²) in [6.07, 6.45) is 0. The average molecular weight is 522 g/mol. The lowest BCUT2D eigenvalue weighted by molar-refractivity contribution is -0.117. The Balaban J connectivity index is 1.70. The molecule has 0 saturated carbocycles. The molecule has 1 aliphatic rings. The largest absolute Gasteiger partial charge is 0.503 e. The number of anilines is 1. The Morgan fingerprint density at radius 3 is 2.65 bits per heavy atom. The average Bonchev–Trinajstić information content (AvgIpc) is 3.37. The highest BCUT2D eigenvalue weighted by molar-refractivity contribution is 9.10. The van der Waals surface area contributed by atoms with Crippen molar-refractivity contribution >= 4 is 44.3 Å². The number of benzene rings is 3. The van der Waals surface area contributed by atoms with E-state index in [9.17, 15) is 19.1 Å². The number of Topliss-reactive ketones (excluding diaryl/α,β-unsaturated/α-hetero) is 1. The molecule has 0 radical (unpaired) electrons. The van der Waals surface area contributed by atoms with E-state index in [-0.39, 0.29) is 17.0 Å². The number of halogens is 2. The fourth-order valence-corrected chi connectivity index (χ4v) is 4.55. The summed E-state index contributed by atoms with van der Waals surface area (Å²) in [4.78, 5) is 28.1. The van der Waals surface area contributed by atoms with Crippen LogP contribution in [0.3, 0.4) is 0 Å². The Morgan fingerprint density at radius 1 is 1.09 bits per heavy atom. The van der Waals surface area contributed by atoms with Crippen LogP contribution in [-0.2, 0) is 4.79 Å². The summed E-state index contributed by atoms with van der Waals surface area (Å²) in [6.45, 7) is 0. The first kappa shape index (κ1) is 21.9. The van der Waals surface area contributed by atoms with Gasteiger partial charge in [-0.1, -0.05) is 40.2 Å². The molecule has 1 amide bonds. The highest BCUT2D eigenvalue weighted by Gasteiger charge is 2.46. The van der Waals surface area contributed by atoms with Crippen molar-refractivity contribution in [1.82, 2.24) is 0 Å². The van der Waals surface area contributed by atoms with Gasteiger partial charge in [-0.25, -0.2) is 4.39 Å². The Kier molecular flexibility index (Phi) is 5.45. The molecule has 8 heteroatoms. The minimum atomic E-state index is -1.07. The number of fused-ring (bicyclic) bond motifs is 1. The van der Waals surface area contributed by atoms with Gasteiger partial charge in [0, 0.05) is 21.1 Å². The second kappa shape index (κ2) is 8.46. The third kappa shape index (κ3) is 3.56. The van der Waals surface area contributed by atoms with Crippen molar-refractivity contribution in [2.75, 3.05) is 12.0 Å². The van der Waals surface area contributed by atoms with Crippen molar-refractivity contribution < 1.29 is 28.2 Å². The van der Waals surface area contributed by atoms with E-state index < -0.39 is 29.3 Å². The zero-order valence-corrected chi connectivity index (χ0v) is 19.4. The molecule has 1 unspecified atom stereocenters. The van der Waals surface area contributed by atoms with Gasteiger partial charge in [0.1, 0.15) is 17.1 Å². The molecule has 1 N–H and O–H groups in total. The van der Waals surface area contributed by atoms with Gasteiger partial charge in [0.05, 0.1) is 18.7 Å². The number of aliphatic hydroxyl groups excluding tert-OH is 1. The zero-order valence-electron chi connectivity index (χ0n) is 17.8. The first-order valence-electron chi connectivity index (χ1n) is 10.3. The molecule has 6 nitrogen and oxygen atoms in total. The predicted octanol–water partition coefficient (Wildman–Crippen LogP) is 6.13. The van der Waals surface area contributed by atoms with Gasteiger partial charge in [0.2, 0.25) is 5.78 Å². The summed E-state index contributed by atoms with van der Waals surface area (Å²) in [5, 5.41) is 11.6. The Labute approximate surface area is 202 Å². The van der Waals surface area contributed by atoms with Crippen LogP contribution in [0.15, 0.2) is 93.0 Å². The predicted molar refractivity (Wildman–Crippen MR) is 128 cm³/mol. The summed E-state index contributed by atoms with van der Waals surface area (Å²) < 4.78 is 26.1. The maximum atomic E-state index is 14.1. The highest BCUT2D eigenvalue weighted by Crippen LogP contribution is 2.45. The van der Waals surface area contributed by atoms with Gasteiger partial charge in [0.15, 0.2) is 11.5 Å². The smallest absolute Gasteiger partial charge is 0.294 e. The molecule has 3 aromatic carbocycles. The van der Waals surface area contributed by atoms with E-state index >= 15 is 0 Å². The van der Waals surface area contributed by atoms with E-state index in [1.807, 2.05) is 0 Å². The molecule has 0 saturated heterocycles. The number of ketones is 1. The summed E-state index contributed by atoms with van der Waals surface area (Å²) in [6, 6.07) is 18.0. The van der Waals surface area contributed by atoms with Gasteiger partial charge in [-0.05, 0) is 48.5 Å². The number of carbonyl (C=O) groups is 2. The standard InChI is InChI=1S/C26H17BrFNO5/c1-33-20-8-3-2-7-18(20)23-22(24(30)21-12-14-11-15(27)9-10-19(14)34-21)25(31)26(32)29(23)17-6-4-5-16(28)13-17/h2-13,23,31H,1H3. The lowest BCUT2D eigenvalue weighted by atomic mass is 9.94. The molecule has 1 aliphatic heterocycles. The second-order valence-electron chi connectivity index (χ2n) is 7.68. The number of carbonyl (C=O) groups excluding carboxylic acids is 2. The third-order valence-corrected chi connectivity index (χ3v) is 6.17. The number of hydrogen-bond acceptors (Lipinski definition) is 5. The van der Waals surface area contributed by atoms with Crippen LogP contribution in [0.2, 0.25) is 0 Å². The van der Waals surface area contributed by atoms with Crippen LogP contribution in [0.1, 0.15) is 22.2 Å². The molecule has 0 fully saturated rings. The van der Waals surface area contributed by atoms with Crippen molar-refractivity contribution in [3.05, 3.63) is 106 Å². The highest BCUT2D eigenvalue weighted by atomic mass is 79.9. The second-order valence-corrected chi connectivity index (χ2v) is 8.60. The molecule has 1 atom stereocenters. The number of aliphatic hydroxyl groups is 1. The molecular weight excluding hydrogens is 505 g/mol. The fourth-order valence-electron chi connectivity index (χ4n) is 4.17. The Morgan fingerprint density at radius 2 is 1.88 bits per heavy atom. The van der Waals surface area contributed by atoms with E-state index in [4.69, 9.17) is 9.15 Å². The Hall–Kier alpha value is -3.91. The molecule has 5 rings (SSSR count). The number of methoxy groups -OCH3 is 1. The molecule has 0 aliphatic carbocycles. The van der Waals surface area contributed by atoms with Gasteiger partial charge in [-0.3, -0.25) is 14.5 Å². The number of furan rings is 1. The lowest BCUT2D eigenvalue weighted by Crippen LogP contribution is -2.31. The quantitative estimate of drug-likeness (QED) is 0.319. The molecule has 1 aromatic heterocycles. The van der Waals surface area contributed by atoms with Gasteiger partial charge >= 0.3 is 0 Å². The van der Waals surface area contributed by atoms with Crippen LogP contribution in [0.5, 0.6) is 5.75 Å². The van der Waals surface area contributed by atoms with E-state index in [0.717, 1.165) is 4.47 Å². The van der Waals surface area contributed by atoms with Crippen LogP contribution in [0.4, 0.5) is 10.1 Å². The van der Waals surface area contributed by atoms with Crippen LogP contribution < -0.4 is 9.64 Å². The molecule has 0 bridgehead atoms. The summed E-state index contributed by atoms with van der Waals surface area (Å²) in [5.41, 5.74) is 0.932. The number of nitrogens with zero attached hydrogens (tertiary/aromatic N) is 1. The minimum Gasteiger partial charge on any atom is -0.503 e. The van der Waals surface area contributed by atoms with E-state index in [1.54, 1.807) is 48.5 Å². The number of rotatable bonds is 5. The SMILES string of the molecule is COc1ccccc1C1C(C(=O)c2cc3cc(Br)ccc3o2)=C(O)C(=O)N1c1cccc(F)c1. The molecule has 4 aromatic rings. The Bertz CT molecular complexity index is 1490. The van der Waals surface area contributed by atoms with Crippen molar-refractivity contribution in [1.29, 1.82) is 0 Å². The topological polar surface area (TPSA) is 80.0 Å². The van der Waals surface area contributed by atoms with Crippen molar-refractivity contribution in [2.24, 2.45) is 0 Å². The van der Waals surface area contributed by atoms with Crippen LogP contribution in [0.25, 0.3) is 11.0 Å². The van der Waals surface area contributed by atoms with Crippen LogP contribution in [-0.4, -0.2) is 23.9 Å². The normalized spacial score (nSPS) is 15.9. The summed E-state index contributed by atoms with van der Waals surface area (Å²) in [5.74, 6) is -2.42. The van der Waals surface area contributed by atoms with Gasteiger partial charge in [0.25, 0.3) is 5.91 Å². The third-order valence-electron chi connectivity index (χ3n) is 5.67. The summed E-state index contributed by atoms with van der Waals surface area (Å²) >= 11 is 3.39. The first-order chi connectivity index (χ1) is 16.4. The van der Waals surface area contributed by atoms with Crippen LogP contribution in [0, 0.1) is 5.82 Å². The number of amides is 1. The summed E-state index contributed by atoms with van der Waals surface area (Å²) in [7, 11) is 1.46. The van der Waals surface area contributed by atoms with Gasteiger partial charge < -0.3 is 14.3 Å². The lowest BCUT2D eigenvalue weighted by Gasteiger charge is -2.27. The molecule has 34 heavy (non-hydrogen) atoms. The molecule has 0 spiro atoms. The minimum absolute atomic E-state index is 0.0385. The number of ether oxygens (including phenoxy) is 1. The number of para-hydroxylation sites is 1. The fraction of sp³-hybridized carbons (Fsp3) is 0.0769. The van der Waals surface area contributed by atoms with E-state index in [2.05, 4.69) is 15.9 Å². The van der Waals surface area contributed by atoms with E-state index in [0.29, 0.717) is 22.3 Å². The molecule has 2 heterocycles. The van der Waals surface area contributed by atoms with Gasteiger partial charge in [-0.15, -0.1) is 0 Å². The zero-order chi connectivity index (χ0) is 24.0. The first-order valence-corrected chi connectivity index (χ1v) is 11.1. The molecule has 170 valence electrons. The van der Waals surface area contributed by atoms with Crippen molar-refractivity contribution in [2.45, 2.75) is 6.04 Å². The maximum Gasteiger partial charge on any atom is 0.294 e. The maximum absolute atomic E-state index is 14.1. The van der Waals surface area contributed by atoms with Crippen molar-refractivity contribution in [3.8, 4) is 5.75 Å². The molecular formula is C26H17BrFNO5. The van der Waals surface area contributed by atoms with Crippen molar-refractivity contribution in [3.63, 3.8) is 0 Å². The van der Waals surface area contributed by atoms with Gasteiger partial charge in [-0.2, -0.15) is 0 Å². The monoisotopic (exact) mass is 521 g/mol. The van der Waals surface area contributed by atoms with Crippen LogP contribution >= 0.6 is 15.9 Å². The van der Waals surface area contributed by atoms with E-state index in [1.165, 1.54) is 36.3 Å².